The topological polar surface area (TPSA) is 75.6 Å². The highest BCUT2D eigenvalue weighted by Crippen LogP contribution is 2.11. The van der Waals surface area contributed by atoms with Gasteiger partial charge in [-0.15, -0.1) is 0 Å². The van der Waals surface area contributed by atoms with E-state index in [1.165, 1.54) is 12.1 Å². The number of hydrogen-bond donors (Lipinski definition) is 2. The monoisotopic (exact) mass is 259 g/mol. The summed E-state index contributed by atoms with van der Waals surface area (Å²) < 4.78 is 31.0. The molecule has 0 aliphatic heterocycles. The van der Waals surface area contributed by atoms with E-state index in [1.54, 1.807) is 19.2 Å². The molecule has 0 spiro atoms. The predicted molar refractivity (Wildman–Crippen MR) is 64.0 cm³/mol. The molecule has 0 saturated heterocycles. The second-order valence-corrected chi connectivity index (χ2v) is 5.32. The first-order chi connectivity index (χ1) is 8.10. The van der Waals surface area contributed by atoms with Crippen molar-refractivity contribution in [2.45, 2.75) is 17.9 Å². The summed E-state index contributed by atoms with van der Waals surface area (Å²) in [6.45, 7) is 0.672. The maximum Gasteiger partial charge on any atom is 0.240 e. The summed E-state index contributed by atoms with van der Waals surface area (Å²) in [7, 11) is -1.92. The molecule has 0 fully saturated rings. The lowest BCUT2D eigenvalue weighted by atomic mass is 10.2. The predicted octanol–water partition coefficient (Wildman–Crippen LogP) is 0.494. The minimum Gasteiger partial charge on any atom is -0.392 e. The number of benzene rings is 1. The van der Waals surface area contributed by atoms with Crippen molar-refractivity contribution >= 4 is 10.0 Å². The fourth-order valence-electron chi connectivity index (χ4n) is 1.32. The Labute approximate surface area is 101 Å². The highest BCUT2D eigenvalue weighted by molar-refractivity contribution is 7.89. The molecular weight excluding hydrogens is 242 g/mol. The standard InChI is InChI=1S/C11H17NO4S/c1-16-7-3-6-12-17(14,15)11-5-2-4-10(8-11)9-13/h2,4-5,8,12-13H,3,6-7,9H2,1H3. The first-order valence-electron chi connectivity index (χ1n) is 5.28. The Morgan fingerprint density at radius 2 is 2.18 bits per heavy atom. The Hall–Kier alpha value is -0.950. The van der Waals surface area contributed by atoms with E-state index in [0.717, 1.165) is 0 Å². The van der Waals surface area contributed by atoms with Gasteiger partial charge >= 0.3 is 0 Å². The van der Waals surface area contributed by atoms with Crippen molar-refractivity contribution in [3.63, 3.8) is 0 Å². The van der Waals surface area contributed by atoms with Gasteiger partial charge in [0.1, 0.15) is 0 Å². The molecule has 1 aromatic rings. The van der Waals surface area contributed by atoms with Crippen LogP contribution in [0.2, 0.25) is 0 Å². The van der Waals surface area contributed by atoms with Crippen LogP contribution in [0.25, 0.3) is 0 Å². The largest absolute Gasteiger partial charge is 0.392 e. The summed E-state index contributed by atoms with van der Waals surface area (Å²) in [5, 5.41) is 8.94. The van der Waals surface area contributed by atoms with E-state index in [4.69, 9.17) is 9.84 Å². The second-order valence-electron chi connectivity index (χ2n) is 3.55. The molecule has 0 aliphatic carbocycles. The van der Waals surface area contributed by atoms with Crippen molar-refractivity contribution < 1.29 is 18.3 Å². The van der Waals surface area contributed by atoms with Gasteiger partial charge in [-0.05, 0) is 24.1 Å². The van der Waals surface area contributed by atoms with E-state index in [1.807, 2.05) is 0 Å². The summed E-state index contributed by atoms with van der Waals surface area (Å²) in [6.07, 6.45) is 0.620. The number of sulfonamides is 1. The number of nitrogens with one attached hydrogen (secondary N) is 1. The summed E-state index contributed by atoms with van der Waals surface area (Å²) in [5.41, 5.74) is 0.574. The Balaban J connectivity index is 2.68. The van der Waals surface area contributed by atoms with Crippen LogP contribution < -0.4 is 4.72 Å². The highest BCUT2D eigenvalue weighted by Gasteiger charge is 2.13. The number of methoxy groups -OCH3 is 1. The minimum atomic E-state index is -3.49. The maximum absolute atomic E-state index is 11.8. The second kappa shape index (κ2) is 6.70. The lowest BCUT2D eigenvalue weighted by molar-refractivity contribution is 0.196. The van der Waals surface area contributed by atoms with Gasteiger partial charge in [-0.25, -0.2) is 13.1 Å². The smallest absolute Gasteiger partial charge is 0.240 e. The SMILES string of the molecule is COCCCNS(=O)(=O)c1cccc(CO)c1. The van der Waals surface area contributed by atoms with Gasteiger partial charge in [0.15, 0.2) is 0 Å². The molecule has 1 aromatic carbocycles. The molecule has 0 aromatic heterocycles. The Morgan fingerprint density at radius 1 is 1.41 bits per heavy atom. The number of ether oxygens (including phenoxy) is 1. The van der Waals surface area contributed by atoms with Gasteiger partial charge in [0.2, 0.25) is 10.0 Å². The van der Waals surface area contributed by atoms with Gasteiger partial charge in [-0.2, -0.15) is 0 Å². The van der Waals surface area contributed by atoms with Crippen LogP contribution in [-0.4, -0.2) is 33.8 Å². The van der Waals surface area contributed by atoms with Gasteiger partial charge in [0.25, 0.3) is 0 Å². The third-order valence-corrected chi connectivity index (χ3v) is 3.67. The van der Waals surface area contributed by atoms with Gasteiger partial charge < -0.3 is 9.84 Å². The minimum absolute atomic E-state index is 0.168. The van der Waals surface area contributed by atoms with E-state index in [-0.39, 0.29) is 11.5 Å². The molecular formula is C11H17NO4S. The molecule has 17 heavy (non-hydrogen) atoms. The number of rotatable bonds is 7. The molecule has 0 bridgehead atoms. The van der Waals surface area contributed by atoms with Gasteiger partial charge in [-0.1, -0.05) is 12.1 Å². The van der Waals surface area contributed by atoms with Crippen LogP contribution in [0.1, 0.15) is 12.0 Å². The molecule has 0 radical (unpaired) electrons. The molecule has 0 unspecified atom stereocenters. The zero-order valence-electron chi connectivity index (χ0n) is 9.72. The molecule has 2 N–H and O–H groups in total. The molecule has 6 heteroatoms. The first-order valence-corrected chi connectivity index (χ1v) is 6.77. The molecule has 0 atom stereocenters. The van der Waals surface area contributed by atoms with E-state index < -0.39 is 10.0 Å². The summed E-state index contributed by atoms with van der Waals surface area (Å²) in [6, 6.07) is 6.23. The normalized spacial score (nSPS) is 11.6. The Morgan fingerprint density at radius 3 is 2.82 bits per heavy atom. The molecule has 0 aliphatic rings. The molecule has 0 heterocycles. The van der Waals surface area contributed by atoms with Crippen molar-refractivity contribution in [1.82, 2.24) is 4.72 Å². The molecule has 0 amide bonds. The van der Waals surface area contributed by atoms with Crippen molar-refractivity contribution in [2.24, 2.45) is 0 Å². The van der Waals surface area contributed by atoms with Gasteiger partial charge in [0, 0.05) is 20.3 Å². The van der Waals surface area contributed by atoms with Crippen molar-refractivity contribution in [1.29, 1.82) is 0 Å². The van der Waals surface area contributed by atoms with Crippen molar-refractivity contribution in [3.05, 3.63) is 29.8 Å². The fourth-order valence-corrected chi connectivity index (χ4v) is 2.46. The summed E-state index contributed by atoms with van der Waals surface area (Å²) in [5.74, 6) is 0. The molecule has 96 valence electrons. The summed E-state index contributed by atoms with van der Waals surface area (Å²) in [4.78, 5) is 0.168. The zero-order chi connectivity index (χ0) is 12.7. The van der Waals surface area contributed by atoms with Crippen LogP contribution in [0, 0.1) is 0 Å². The fraction of sp³-hybridized carbons (Fsp3) is 0.455. The van der Waals surface area contributed by atoms with Gasteiger partial charge in [-0.3, -0.25) is 0 Å². The summed E-state index contributed by atoms with van der Waals surface area (Å²) >= 11 is 0. The average molecular weight is 259 g/mol. The van der Waals surface area contributed by atoms with Crippen LogP contribution in [0.4, 0.5) is 0 Å². The van der Waals surface area contributed by atoms with Crippen LogP contribution in [0.3, 0.4) is 0 Å². The van der Waals surface area contributed by atoms with Crippen LogP contribution in [0.5, 0.6) is 0 Å². The highest BCUT2D eigenvalue weighted by atomic mass is 32.2. The van der Waals surface area contributed by atoms with Crippen molar-refractivity contribution in [3.8, 4) is 0 Å². The van der Waals surface area contributed by atoms with Gasteiger partial charge in [0.05, 0.1) is 11.5 Å². The van der Waals surface area contributed by atoms with Crippen molar-refractivity contribution in [2.75, 3.05) is 20.3 Å². The molecule has 1 rings (SSSR count). The maximum atomic E-state index is 11.8. The molecule has 5 nitrogen and oxygen atoms in total. The number of hydrogen-bond acceptors (Lipinski definition) is 4. The van der Waals surface area contributed by atoms with Crippen LogP contribution in [-0.2, 0) is 21.4 Å². The first kappa shape index (κ1) is 14.1. The zero-order valence-corrected chi connectivity index (χ0v) is 10.5. The van der Waals surface area contributed by atoms with E-state index >= 15 is 0 Å². The van der Waals surface area contributed by atoms with E-state index in [0.29, 0.717) is 25.1 Å². The van der Waals surface area contributed by atoms with Crippen LogP contribution in [0.15, 0.2) is 29.2 Å². The lowest BCUT2D eigenvalue weighted by Gasteiger charge is -2.07. The van der Waals surface area contributed by atoms with Crippen LogP contribution >= 0.6 is 0 Å². The third kappa shape index (κ3) is 4.43. The third-order valence-electron chi connectivity index (χ3n) is 2.21. The number of aliphatic hydroxyl groups is 1. The quantitative estimate of drug-likeness (QED) is 0.699. The Kier molecular flexibility index (Phi) is 5.57. The van der Waals surface area contributed by atoms with E-state index in [9.17, 15) is 8.42 Å². The van der Waals surface area contributed by atoms with E-state index in [2.05, 4.69) is 4.72 Å². The average Bonchev–Trinajstić information content (AvgIpc) is 2.35. The number of aliphatic hydroxyl groups excluding tert-OH is 1. The Bertz CT molecular complexity index is 445. The molecule has 0 saturated carbocycles. The lowest BCUT2D eigenvalue weighted by Crippen LogP contribution is -2.25.